The number of nitrogens with zero attached hydrogens (tertiary/aromatic N) is 2. The quantitative estimate of drug-likeness (QED) is 0.729. The lowest BCUT2D eigenvalue weighted by molar-refractivity contribution is 1.17. The predicted octanol–water partition coefficient (Wildman–Crippen LogP) is 4.16. The van der Waals surface area contributed by atoms with Crippen molar-refractivity contribution in [1.29, 1.82) is 0 Å². The summed E-state index contributed by atoms with van der Waals surface area (Å²) in [6.07, 6.45) is 1.80. The average Bonchev–Trinajstić information content (AvgIpc) is 2.71. The van der Waals surface area contributed by atoms with Gasteiger partial charge in [-0.1, -0.05) is 23.7 Å². The highest BCUT2D eigenvalue weighted by molar-refractivity contribution is 6.30. The standard InChI is InChI=1S/C16H16ClN3/c1-9-4-5-12(6-10(9)2)14-15(18)20-8-13(17)7-11(3)16(20)19-14/h4-8H,18H2,1-3H3. The summed E-state index contributed by atoms with van der Waals surface area (Å²) < 4.78 is 1.85. The zero-order valence-electron chi connectivity index (χ0n) is 11.7. The van der Waals surface area contributed by atoms with Crippen molar-refractivity contribution < 1.29 is 0 Å². The third-order valence-electron chi connectivity index (χ3n) is 3.69. The Morgan fingerprint density at radius 1 is 1.05 bits per heavy atom. The molecule has 2 heterocycles. The van der Waals surface area contributed by atoms with Crippen LogP contribution < -0.4 is 5.73 Å². The molecule has 0 spiro atoms. The van der Waals surface area contributed by atoms with E-state index in [0.29, 0.717) is 10.8 Å². The smallest absolute Gasteiger partial charge is 0.142 e. The van der Waals surface area contributed by atoms with Crippen LogP contribution in [0.4, 0.5) is 5.82 Å². The normalized spacial score (nSPS) is 11.2. The molecule has 102 valence electrons. The van der Waals surface area contributed by atoms with Crippen LogP contribution >= 0.6 is 11.6 Å². The summed E-state index contributed by atoms with van der Waals surface area (Å²) in [6, 6.07) is 8.16. The number of benzene rings is 1. The molecule has 0 aliphatic carbocycles. The lowest BCUT2D eigenvalue weighted by Gasteiger charge is -2.04. The van der Waals surface area contributed by atoms with Crippen molar-refractivity contribution in [2.45, 2.75) is 20.8 Å². The maximum absolute atomic E-state index is 6.24. The van der Waals surface area contributed by atoms with E-state index < -0.39 is 0 Å². The molecular formula is C16H16ClN3. The van der Waals surface area contributed by atoms with E-state index in [1.54, 1.807) is 6.20 Å². The van der Waals surface area contributed by atoms with E-state index in [4.69, 9.17) is 17.3 Å². The molecule has 0 fully saturated rings. The number of anilines is 1. The molecule has 3 nitrogen and oxygen atoms in total. The molecule has 0 radical (unpaired) electrons. The van der Waals surface area contributed by atoms with Crippen LogP contribution in [-0.4, -0.2) is 9.38 Å². The van der Waals surface area contributed by atoms with Crippen LogP contribution in [0.25, 0.3) is 16.9 Å². The Morgan fingerprint density at radius 3 is 2.50 bits per heavy atom. The number of nitrogen functional groups attached to an aromatic ring is 1. The Hall–Kier alpha value is -2.00. The molecule has 2 N–H and O–H groups in total. The number of imidazole rings is 1. The minimum Gasteiger partial charge on any atom is -0.383 e. The average molecular weight is 286 g/mol. The number of hydrogen-bond acceptors (Lipinski definition) is 2. The van der Waals surface area contributed by atoms with Gasteiger partial charge in [-0.2, -0.15) is 0 Å². The van der Waals surface area contributed by atoms with Gasteiger partial charge in [0.05, 0.1) is 5.02 Å². The molecule has 0 saturated carbocycles. The summed E-state index contributed by atoms with van der Waals surface area (Å²) in [5, 5.41) is 0.658. The fourth-order valence-corrected chi connectivity index (χ4v) is 2.65. The highest BCUT2D eigenvalue weighted by atomic mass is 35.5. The second-order valence-electron chi connectivity index (χ2n) is 5.18. The lowest BCUT2D eigenvalue weighted by atomic mass is 10.0. The first kappa shape index (κ1) is 13.0. The van der Waals surface area contributed by atoms with Gasteiger partial charge in [-0.25, -0.2) is 4.98 Å². The molecule has 0 atom stereocenters. The number of hydrogen-bond donors (Lipinski definition) is 1. The Bertz CT molecular complexity index is 818. The summed E-state index contributed by atoms with van der Waals surface area (Å²) in [5.74, 6) is 0.619. The molecule has 0 saturated heterocycles. The number of nitrogens with two attached hydrogens (primary N) is 1. The molecular weight excluding hydrogens is 270 g/mol. The number of halogens is 1. The van der Waals surface area contributed by atoms with Crippen LogP contribution in [0.1, 0.15) is 16.7 Å². The van der Waals surface area contributed by atoms with E-state index >= 15 is 0 Å². The Kier molecular flexibility index (Phi) is 2.94. The van der Waals surface area contributed by atoms with E-state index in [-0.39, 0.29) is 0 Å². The Labute approximate surface area is 123 Å². The molecule has 0 amide bonds. The van der Waals surface area contributed by atoms with Crippen LogP contribution in [0.5, 0.6) is 0 Å². The fourth-order valence-electron chi connectivity index (χ4n) is 2.39. The highest BCUT2D eigenvalue weighted by Crippen LogP contribution is 2.30. The number of rotatable bonds is 1. The van der Waals surface area contributed by atoms with E-state index in [0.717, 1.165) is 22.5 Å². The van der Waals surface area contributed by atoms with E-state index in [2.05, 4.69) is 37.0 Å². The van der Waals surface area contributed by atoms with Gasteiger partial charge in [0, 0.05) is 11.8 Å². The molecule has 0 bridgehead atoms. The molecule has 4 heteroatoms. The summed E-state index contributed by atoms with van der Waals surface area (Å²) in [4.78, 5) is 4.67. The predicted molar refractivity (Wildman–Crippen MR) is 84.3 cm³/mol. The minimum absolute atomic E-state index is 0.619. The zero-order valence-corrected chi connectivity index (χ0v) is 12.5. The summed E-state index contributed by atoms with van der Waals surface area (Å²) in [5.41, 5.74) is 12.4. The van der Waals surface area contributed by atoms with Gasteiger partial charge in [0.2, 0.25) is 0 Å². The van der Waals surface area contributed by atoms with E-state index in [1.807, 2.05) is 17.4 Å². The Balaban J connectivity index is 2.29. The van der Waals surface area contributed by atoms with Gasteiger partial charge in [0.15, 0.2) is 0 Å². The third kappa shape index (κ3) is 1.95. The third-order valence-corrected chi connectivity index (χ3v) is 3.89. The van der Waals surface area contributed by atoms with Crippen molar-refractivity contribution in [1.82, 2.24) is 9.38 Å². The molecule has 0 aliphatic rings. The molecule has 3 rings (SSSR count). The van der Waals surface area contributed by atoms with Crippen LogP contribution in [0, 0.1) is 20.8 Å². The summed E-state index contributed by atoms with van der Waals surface area (Å²) in [6.45, 7) is 6.17. The van der Waals surface area contributed by atoms with Gasteiger partial charge in [-0.05, 0) is 49.6 Å². The summed E-state index contributed by atoms with van der Waals surface area (Å²) in [7, 11) is 0. The van der Waals surface area contributed by atoms with Gasteiger partial charge in [0.1, 0.15) is 17.2 Å². The van der Waals surface area contributed by atoms with Gasteiger partial charge in [-0.15, -0.1) is 0 Å². The lowest BCUT2D eigenvalue weighted by Crippen LogP contribution is -1.95. The number of aryl methyl sites for hydroxylation is 3. The SMILES string of the molecule is Cc1ccc(-c2nc3c(C)cc(Cl)cn3c2N)cc1C. The zero-order chi connectivity index (χ0) is 14.4. The van der Waals surface area contributed by atoms with E-state index in [9.17, 15) is 0 Å². The largest absolute Gasteiger partial charge is 0.383 e. The van der Waals surface area contributed by atoms with Crippen molar-refractivity contribution in [3.8, 4) is 11.3 Å². The van der Waals surface area contributed by atoms with Crippen molar-refractivity contribution in [3.63, 3.8) is 0 Å². The second kappa shape index (κ2) is 4.53. The van der Waals surface area contributed by atoms with Crippen LogP contribution in [-0.2, 0) is 0 Å². The molecule has 2 aromatic heterocycles. The molecule has 20 heavy (non-hydrogen) atoms. The number of pyridine rings is 1. The second-order valence-corrected chi connectivity index (χ2v) is 5.62. The van der Waals surface area contributed by atoms with Gasteiger partial charge >= 0.3 is 0 Å². The first-order chi connectivity index (χ1) is 9.47. The van der Waals surface area contributed by atoms with Crippen molar-refractivity contribution in [3.05, 3.63) is 52.2 Å². The first-order valence-electron chi connectivity index (χ1n) is 6.48. The Morgan fingerprint density at radius 2 is 1.80 bits per heavy atom. The minimum atomic E-state index is 0.619. The fraction of sp³-hybridized carbons (Fsp3) is 0.188. The first-order valence-corrected chi connectivity index (χ1v) is 6.86. The highest BCUT2D eigenvalue weighted by Gasteiger charge is 2.13. The maximum atomic E-state index is 6.24. The van der Waals surface area contributed by atoms with Crippen LogP contribution in [0.15, 0.2) is 30.5 Å². The van der Waals surface area contributed by atoms with Gasteiger partial charge in [0.25, 0.3) is 0 Å². The van der Waals surface area contributed by atoms with Crippen molar-refractivity contribution in [2.24, 2.45) is 0 Å². The number of aromatic nitrogens is 2. The van der Waals surface area contributed by atoms with Crippen LogP contribution in [0.2, 0.25) is 5.02 Å². The topological polar surface area (TPSA) is 43.3 Å². The van der Waals surface area contributed by atoms with Crippen molar-refractivity contribution >= 4 is 23.1 Å². The van der Waals surface area contributed by atoms with Gasteiger partial charge in [-0.3, -0.25) is 4.40 Å². The molecule has 1 aromatic carbocycles. The monoisotopic (exact) mass is 285 g/mol. The molecule has 3 aromatic rings. The van der Waals surface area contributed by atoms with Crippen molar-refractivity contribution in [2.75, 3.05) is 5.73 Å². The molecule has 0 unspecified atom stereocenters. The van der Waals surface area contributed by atoms with E-state index in [1.165, 1.54) is 11.1 Å². The van der Waals surface area contributed by atoms with Crippen LogP contribution in [0.3, 0.4) is 0 Å². The van der Waals surface area contributed by atoms with Gasteiger partial charge < -0.3 is 5.73 Å². The molecule has 0 aliphatic heterocycles. The number of fused-ring (bicyclic) bond motifs is 1. The summed E-state index contributed by atoms with van der Waals surface area (Å²) >= 11 is 6.09. The maximum Gasteiger partial charge on any atom is 0.142 e.